The number of esters is 1. The van der Waals surface area contributed by atoms with Crippen molar-refractivity contribution in [3.8, 4) is 28.3 Å². The first kappa shape index (κ1) is 37.2. The molecule has 0 saturated carbocycles. The molecule has 0 spiro atoms. The fourth-order valence-corrected chi connectivity index (χ4v) is 6.29. The number of aromatic nitrogens is 6. The molecule has 0 aliphatic heterocycles. The van der Waals surface area contributed by atoms with Crippen molar-refractivity contribution in [3.63, 3.8) is 0 Å². The van der Waals surface area contributed by atoms with Gasteiger partial charge in [0.2, 0.25) is 5.82 Å². The largest absolute Gasteiger partial charge is 0.508 e. The van der Waals surface area contributed by atoms with Crippen LogP contribution in [0.5, 0.6) is 5.75 Å². The van der Waals surface area contributed by atoms with Gasteiger partial charge in [0, 0.05) is 31.4 Å². The molecule has 0 fully saturated rings. The number of likely N-dealkylation sites (N-methyl/N-ethyl adjacent to an activating group) is 2. The van der Waals surface area contributed by atoms with Crippen LogP contribution < -0.4 is 5.32 Å². The lowest BCUT2D eigenvalue weighted by Gasteiger charge is -2.33. The van der Waals surface area contributed by atoms with Gasteiger partial charge < -0.3 is 24.8 Å². The molecule has 4 N–H and O–H groups in total. The van der Waals surface area contributed by atoms with Crippen molar-refractivity contribution < 1.29 is 24.5 Å². The maximum absolute atomic E-state index is 13.7. The highest BCUT2D eigenvalue weighted by atomic mass is 35.5. The van der Waals surface area contributed by atoms with Crippen LogP contribution in [0.1, 0.15) is 55.3 Å². The summed E-state index contributed by atoms with van der Waals surface area (Å²) in [6, 6.07) is 22.0. The van der Waals surface area contributed by atoms with Gasteiger partial charge in [0.05, 0.1) is 11.9 Å². The number of carboxylic acid groups (broad SMARTS) is 1. The molecule has 0 aliphatic carbocycles. The van der Waals surface area contributed by atoms with Crippen molar-refractivity contribution in [2.75, 3.05) is 14.1 Å². The lowest BCUT2D eigenvalue weighted by Crippen LogP contribution is -2.52. The summed E-state index contributed by atoms with van der Waals surface area (Å²) in [7, 11) is 3.54. The van der Waals surface area contributed by atoms with Gasteiger partial charge in [-0.2, -0.15) is 5.21 Å². The molecule has 3 aromatic carbocycles. The number of aromatic amines is 1. The van der Waals surface area contributed by atoms with Crippen LogP contribution in [0, 0.1) is 0 Å². The molecule has 5 rings (SSSR count). The minimum absolute atomic E-state index is 0.0510. The zero-order valence-electron chi connectivity index (χ0n) is 28.9. The Kier molecular flexibility index (Phi) is 12.9. The quantitative estimate of drug-likeness (QED) is 0.0670. The highest BCUT2D eigenvalue weighted by molar-refractivity contribution is 6.30. The van der Waals surface area contributed by atoms with E-state index in [1.165, 1.54) is 0 Å². The van der Waals surface area contributed by atoms with Gasteiger partial charge in [0.1, 0.15) is 24.2 Å². The number of unbranched alkanes of at least 4 members (excludes halogenated alkanes) is 1. The molecule has 13 nitrogen and oxygen atoms in total. The third-order valence-electron chi connectivity index (χ3n) is 8.91. The number of carboxylic acids is 1. The van der Waals surface area contributed by atoms with E-state index >= 15 is 0 Å². The molecule has 0 radical (unpaired) electrons. The van der Waals surface area contributed by atoms with Crippen molar-refractivity contribution in [3.05, 3.63) is 101 Å². The van der Waals surface area contributed by atoms with Crippen LogP contribution in [0.2, 0.25) is 5.15 Å². The third kappa shape index (κ3) is 9.57. The van der Waals surface area contributed by atoms with Crippen LogP contribution in [0.25, 0.3) is 22.5 Å². The van der Waals surface area contributed by atoms with E-state index in [2.05, 4.69) is 37.8 Å². The average Bonchev–Trinajstić information content (AvgIpc) is 3.77. The number of carbonyl (C=O) groups excluding carboxylic acids is 1. The van der Waals surface area contributed by atoms with Crippen molar-refractivity contribution >= 4 is 23.5 Å². The highest BCUT2D eigenvalue weighted by Gasteiger charge is 2.31. The fourth-order valence-electron chi connectivity index (χ4n) is 6.04. The number of tetrazole rings is 1. The smallest absolute Gasteiger partial charge is 0.323 e. The molecule has 268 valence electrons. The van der Waals surface area contributed by atoms with E-state index in [0.717, 1.165) is 46.5 Å². The summed E-state index contributed by atoms with van der Waals surface area (Å²) in [6.45, 7) is 2.43. The van der Waals surface area contributed by atoms with Gasteiger partial charge in [-0.3, -0.25) is 14.5 Å². The average molecular weight is 715 g/mol. The normalized spacial score (nSPS) is 12.6. The summed E-state index contributed by atoms with van der Waals surface area (Å²) in [4.78, 5) is 31.7. The minimum Gasteiger partial charge on any atom is -0.508 e. The van der Waals surface area contributed by atoms with Gasteiger partial charge in [-0.25, -0.2) is 4.98 Å². The lowest BCUT2D eigenvalue weighted by atomic mass is 9.98. The van der Waals surface area contributed by atoms with Crippen molar-refractivity contribution in [2.45, 2.75) is 70.8 Å². The van der Waals surface area contributed by atoms with Gasteiger partial charge in [-0.15, -0.1) is 10.2 Å². The molecule has 0 aliphatic rings. The number of halogens is 1. The Hall–Kier alpha value is -5.11. The Morgan fingerprint density at radius 1 is 1.04 bits per heavy atom. The summed E-state index contributed by atoms with van der Waals surface area (Å²) in [5.74, 6) is -0.104. The molecule has 0 saturated heterocycles. The molecule has 51 heavy (non-hydrogen) atoms. The number of rotatable bonds is 18. The first-order valence-electron chi connectivity index (χ1n) is 16.9. The summed E-state index contributed by atoms with van der Waals surface area (Å²) in [5, 5.41) is 37.1. The molecule has 14 heteroatoms. The number of imidazole rings is 1. The van der Waals surface area contributed by atoms with E-state index in [-0.39, 0.29) is 36.5 Å². The second kappa shape index (κ2) is 17.7. The van der Waals surface area contributed by atoms with Gasteiger partial charge in [0.15, 0.2) is 5.15 Å². The standard InChI is InChI=1S/C37H43ClN8O5/c1-4-5-10-32-40-35(38)31(46(32)22-25-11-15-26(16-12-25)28-8-6-7-9-29(28)36-41-43-44-42-36)23-51-37(50)30(19-20-34(48)49)45(3)33(39-2)21-24-13-17-27(47)18-14-24/h6-9,11-18,30,33,39,47H,4-5,10,19-23H2,1-3H3,(H,48,49)(H,41,42,43,44)/t30-,33?/m0/s1. The number of phenols is 1. The molecule has 2 aromatic heterocycles. The van der Waals surface area contributed by atoms with E-state index in [9.17, 15) is 19.8 Å². The molecule has 0 amide bonds. The number of benzene rings is 3. The number of H-pyrrole nitrogens is 1. The zero-order valence-corrected chi connectivity index (χ0v) is 29.7. The monoisotopic (exact) mass is 714 g/mol. The number of hydrogen-bond donors (Lipinski definition) is 4. The second-order valence-corrected chi connectivity index (χ2v) is 12.7. The Balaban J connectivity index is 1.35. The van der Waals surface area contributed by atoms with Crippen LogP contribution in [0.15, 0.2) is 72.8 Å². The van der Waals surface area contributed by atoms with E-state index in [1.54, 1.807) is 43.3 Å². The Morgan fingerprint density at radius 2 is 1.75 bits per heavy atom. The highest BCUT2D eigenvalue weighted by Crippen LogP contribution is 2.30. The number of nitrogens with one attached hydrogen (secondary N) is 2. The second-order valence-electron chi connectivity index (χ2n) is 12.3. The summed E-state index contributed by atoms with van der Waals surface area (Å²) in [5.41, 5.74) is 5.32. The number of aromatic hydroxyl groups is 1. The van der Waals surface area contributed by atoms with Gasteiger partial charge in [0.25, 0.3) is 0 Å². The van der Waals surface area contributed by atoms with Crippen LogP contribution in [-0.4, -0.2) is 83.5 Å². The lowest BCUT2D eigenvalue weighted by molar-refractivity contribution is -0.153. The number of carbonyl (C=O) groups is 2. The molecule has 2 heterocycles. The van der Waals surface area contributed by atoms with Crippen LogP contribution in [-0.2, 0) is 40.3 Å². The summed E-state index contributed by atoms with van der Waals surface area (Å²) in [6.07, 6.45) is 2.60. The fraction of sp³-hybridized carbons (Fsp3) is 0.351. The number of phenolic OH excluding ortho intramolecular Hbond substituents is 1. The van der Waals surface area contributed by atoms with Crippen LogP contribution in [0.3, 0.4) is 0 Å². The topological polar surface area (TPSA) is 171 Å². The summed E-state index contributed by atoms with van der Waals surface area (Å²) >= 11 is 6.71. The Labute approximate surface area is 301 Å². The van der Waals surface area contributed by atoms with E-state index in [1.807, 2.05) is 53.1 Å². The predicted molar refractivity (Wildman–Crippen MR) is 193 cm³/mol. The van der Waals surface area contributed by atoms with Gasteiger partial charge in [-0.05, 0) is 66.5 Å². The summed E-state index contributed by atoms with van der Waals surface area (Å²) < 4.78 is 7.91. The molecule has 1 unspecified atom stereocenters. The molecule has 2 atom stereocenters. The van der Waals surface area contributed by atoms with E-state index in [4.69, 9.17) is 16.3 Å². The van der Waals surface area contributed by atoms with E-state index < -0.39 is 18.0 Å². The maximum atomic E-state index is 13.7. The first-order valence-corrected chi connectivity index (χ1v) is 17.3. The Bertz CT molecular complexity index is 1880. The van der Waals surface area contributed by atoms with Crippen molar-refractivity contribution in [1.29, 1.82) is 0 Å². The number of hydrogen-bond acceptors (Lipinski definition) is 10. The van der Waals surface area contributed by atoms with Crippen LogP contribution >= 0.6 is 11.6 Å². The Morgan fingerprint density at radius 3 is 2.39 bits per heavy atom. The number of aryl methyl sites for hydroxylation is 1. The van der Waals surface area contributed by atoms with Crippen molar-refractivity contribution in [1.82, 2.24) is 40.4 Å². The van der Waals surface area contributed by atoms with Crippen molar-refractivity contribution in [2.24, 2.45) is 0 Å². The maximum Gasteiger partial charge on any atom is 0.323 e. The third-order valence-corrected chi connectivity index (χ3v) is 9.21. The first-order chi connectivity index (χ1) is 24.7. The van der Waals surface area contributed by atoms with Crippen LogP contribution in [0.4, 0.5) is 0 Å². The zero-order chi connectivity index (χ0) is 36.3. The van der Waals surface area contributed by atoms with Gasteiger partial charge in [-0.1, -0.05) is 85.6 Å². The SMILES string of the molecule is CCCCc1nc(Cl)c(COC(=O)[C@H](CCC(=O)O)N(C)C(Cc2ccc(O)cc2)NC)n1Cc1ccc(-c2ccccc2-c2nn[nH]n2)cc1. The number of aliphatic carboxylic acids is 1. The number of ether oxygens (including phenoxy) is 1. The minimum atomic E-state index is -1.01. The predicted octanol–water partition coefficient (Wildman–Crippen LogP) is 5.48. The molecule has 0 bridgehead atoms. The molecule has 5 aromatic rings. The number of nitrogens with zero attached hydrogens (tertiary/aromatic N) is 6. The van der Waals surface area contributed by atoms with Gasteiger partial charge >= 0.3 is 11.9 Å². The van der Waals surface area contributed by atoms with E-state index in [0.29, 0.717) is 30.9 Å². The molecular weight excluding hydrogens is 672 g/mol. The molecular formula is C37H43ClN8O5.